The van der Waals surface area contributed by atoms with Crippen molar-refractivity contribution in [3.8, 4) is 11.3 Å². The second-order valence-corrected chi connectivity index (χ2v) is 6.03. The first-order valence-corrected chi connectivity index (χ1v) is 7.99. The van der Waals surface area contributed by atoms with Crippen molar-refractivity contribution in [3.63, 3.8) is 0 Å². The molecule has 0 spiro atoms. The zero-order valence-corrected chi connectivity index (χ0v) is 13.5. The Kier molecular flexibility index (Phi) is 4.35. The normalized spacial score (nSPS) is 10.4. The lowest BCUT2D eigenvalue weighted by molar-refractivity contribution is -0.384. The predicted molar refractivity (Wildman–Crippen MR) is 93.3 cm³/mol. The van der Waals surface area contributed by atoms with E-state index in [9.17, 15) is 14.9 Å². The number of amides is 1. The van der Waals surface area contributed by atoms with Crippen LogP contribution in [-0.2, 0) is 0 Å². The number of aromatic nitrogens is 1. The summed E-state index contributed by atoms with van der Waals surface area (Å²) in [5.74, 6) is -0.237. The average Bonchev–Trinajstić information content (AvgIpc) is 3.03. The lowest BCUT2D eigenvalue weighted by Crippen LogP contribution is -2.11. The molecule has 0 unspecified atom stereocenters. The molecule has 2 aromatic carbocycles. The molecule has 0 fully saturated rings. The summed E-state index contributed by atoms with van der Waals surface area (Å²) in [4.78, 5) is 27.0. The number of aryl methyl sites for hydroxylation is 1. The third kappa shape index (κ3) is 3.47. The summed E-state index contributed by atoms with van der Waals surface area (Å²) >= 11 is 1.27. The number of non-ortho nitro benzene ring substituents is 1. The number of carbonyl (C=O) groups excluding carboxylic acids is 1. The van der Waals surface area contributed by atoms with Crippen LogP contribution in [-0.4, -0.2) is 15.8 Å². The van der Waals surface area contributed by atoms with Crippen LogP contribution in [0.15, 0.2) is 53.9 Å². The van der Waals surface area contributed by atoms with Crippen LogP contribution in [0.2, 0.25) is 0 Å². The molecule has 3 rings (SSSR count). The molecule has 7 heteroatoms. The van der Waals surface area contributed by atoms with Crippen LogP contribution >= 0.6 is 11.3 Å². The van der Waals surface area contributed by atoms with Crippen molar-refractivity contribution in [3.05, 3.63) is 75.2 Å². The van der Waals surface area contributed by atoms with Crippen molar-refractivity contribution in [1.82, 2.24) is 4.98 Å². The summed E-state index contributed by atoms with van der Waals surface area (Å²) < 4.78 is 0. The number of nitrogens with zero attached hydrogens (tertiary/aromatic N) is 2. The van der Waals surface area contributed by atoms with Gasteiger partial charge in [-0.25, -0.2) is 4.98 Å². The van der Waals surface area contributed by atoms with E-state index in [-0.39, 0.29) is 11.6 Å². The Balaban J connectivity index is 1.80. The molecular formula is C17H13N3O3S. The first-order valence-electron chi connectivity index (χ1n) is 7.11. The Morgan fingerprint density at radius 2 is 2.00 bits per heavy atom. The van der Waals surface area contributed by atoms with Gasteiger partial charge in [-0.1, -0.05) is 29.8 Å². The van der Waals surface area contributed by atoms with Gasteiger partial charge in [0, 0.05) is 28.6 Å². The van der Waals surface area contributed by atoms with Crippen LogP contribution in [0.3, 0.4) is 0 Å². The summed E-state index contributed by atoms with van der Waals surface area (Å²) in [6, 6.07) is 13.5. The third-order valence-corrected chi connectivity index (χ3v) is 4.12. The fourth-order valence-corrected chi connectivity index (χ4v) is 2.91. The van der Waals surface area contributed by atoms with Crippen LogP contribution in [0.1, 0.15) is 15.9 Å². The lowest BCUT2D eigenvalue weighted by Gasteiger charge is -2.02. The maximum Gasteiger partial charge on any atom is 0.270 e. The number of anilines is 1. The molecule has 0 saturated heterocycles. The molecule has 0 aliphatic heterocycles. The summed E-state index contributed by atoms with van der Waals surface area (Å²) in [7, 11) is 0. The zero-order chi connectivity index (χ0) is 17.1. The topological polar surface area (TPSA) is 85.1 Å². The van der Waals surface area contributed by atoms with Crippen LogP contribution in [0.4, 0.5) is 10.8 Å². The first-order chi connectivity index (χ1) is 11.5. The van der Waals surface area contributed by atoms with Gasteiger partial charge in [-0.2, -0.15) is 0 Å². The maximum absolute atomic E-state index is 12.2. The molecule has 120 valence electrons. The molecule has 1 amide bonds. The molecule has 0 atom stereocenters. The second kappa shape index (κ2) is 6.59. The minimum atomic E-state index is -0.448. The van der Waals surface area contributed by atoms with Gasteiger partial charge in [-0.15, -0.1) is 11.3 Å². The van der Waals surface area contributed by atoms with Crippen molar-refractivity contribution in [2.24, 2.45) is 0 Å². The number of benzene rings is 2. The van der Waals surface area contributed by atoms with Gasteiger partial charge in [0.1, 0.15) is 0 Å². The first kappa shape index (κ1) is 15.8. The van der Waals surface area contributed by atoms with E-state index in [4.69, 9.17) is 0 Å². The summed E-state index contributed by atoms with van der Waals surface area (Å²) in [6.45, 7) is 1.92. The van der Waals surface area contributed by atoms with Crippen molar-refractivity contribution in [2.45, 2.75) is 6.92 Å². The largest absolute Gasteiger partial charge is 0.298 e. The fourth-order valence-electron chi connectivity index (χ4n) is 2.20. The number of nitrogens with one attached hydrogen (secondary N) is 1. The van der Waals surface area contributed by atoms with E-state index < -0.39 is 4.92 Å². The third-order valence-electron chi connectivity index (χ3n) is 3.36. The second-order valence-electron chi connectivity index (χ2n) is 5.17. The Bertz CT molecular complexity index is 921. The van der Waals surface area contributed by atoms with Crippen molar-refractivity contribution in [2.75, 3.05) is 5.32 Å². The molecule has 0 aliphatic rings. The maximum atomic E-state index is 12.2. The van der Waals surface area contributed by atoms with Gasteiger partial charge in [0.15, 0.2) is 5.13 Å². The highest BCUT2D eigenvalue weighted by atomic mass is 32.1. The Labute approximate surface area is 141 Å². The summed E-state index contributed by atoms with van der Waals surface area (Å²) in [6.07, 6.45) is 0. The van der Waals surface area contributed by atoms with E-state index in [0.717, 1.165) is 5.56 Å². The number of carbonyl (C=O) groups is 1. The van der Waals surface area contributed by atoms with Gasteiger partial charge in [-0.3, -0.25) is 20.2 Å². The predicted octanol–water partition coefficient (Wildman–Crippen LogP) is 4.28. The molecule has 24 heavy (non-hydrogen) atoms. The van der Waals surface area contributed by atoms with Gasteiger partial charge in [0.25, 0.3) is 11.6 Å². The lowest BCUT2D eigenvalue weighted by atomic mass is 10.1. The number of nitro groups is 1. The van der Waals surface area contributed by atoms with E-state index in [1.54, 1.807) is 29.6 Å². The summed E-state index contributed by atoms with van der Waals surface area (Å²) in [5.41, 5.74) is 2.78. The quantitative estimate of drug-likeness (QED) is 0.568. The number of thiazole rings is 1. The highest BCUT2D eigenvalue weighted by Gasteiger charge is 2.12. The molecular weight excluding hydrogens is 326 g/mol. The van der Waals surface area contributed by atoms with E-state index >= 15 is 0 Å². The average molecular weight is 339 g/mol. The molecule has 0 saturated carbocycles. The van der Waals surface area contributed by atoms with Crippen LogP contribution < -0.4 is 5.32 Å². The van der Waals surface area contributed by atoms with Gasteiger partial charge >= 0.3 is 0 Å². The molecule has 1 N–H and O–H groups in total. The minimum absolute atomic E-state index is 0.00541. The van der Waals surface area contributed by atoms with E-state index in [0.29, 0.717) is 22.0 Å². The van der Waals surface area contributed by atoms with Crippen LogP contribution in [0.25, 0.3) is 11.3 Å². The van der Waals surface area contributed by atoms with Gasteiger partial charge < -0.3 is 0 Å². The molecule has 1 aromatic heterocycles. The van der Waals surface area contributed by atoms with Crippen LogP contribution in [0.5, 0.6) is 0 Å². The molecule has 0 bridgehead atoms. The number of hydrogen-bond donors (Lipinski definition) is 1. The minimum Gasteiger partial charge on any atom is -0.298 e. The molecule has 0 radical (unpaired) electrons. The van der Waals surface area contributed by atoms with Crippen molar-refractivity contribution in [1.29, 1.82) is 0 Å². The SMILES string of the molecule is Cc1cccc(C(=O)Nc2nc(-c3cccc([N+](=O)[O-])c3)cs2)c1. The van der Waals surface area contributed by atoms with Gasteiger partial charge in [0.2, 0.25) is 0 Å². The molecule has 1 heterocycles. The van der Waals surface area contributed by atoms with Crippen LogP contribution in [0, 0.1) is 17.0 Å². The smallest absolute Gasteiger partial charge is 0.270 e. The monoisotopic (exact) mass is 339 g/mol. The number of hydrogen-bond acceptors (Lipinski definition) is 5. The Hall–Kier alpha value is -3.06. The Morgan fingerprint density at radius 3 is 2.75 bits per heavy atom. The molecule has 6 nitrogen and oxygen atoms in total. The van der Waals surface area contributed by atoms with Gasteiger partial charge in [-0.05, 0) is 19.1 Å². The highest BCUT2D eigenvalue weighted by molar-refractivity contribution is 7.14. The number of rotatable bonds is 4. The standard InChI is InChI=1S/C17H13N3O3S/c1-11-4-2-6-13(8-11)16(21)19-17-18-15(10-24-17)12-5-3-7-14(9-12)20(22)23/h2-10H,1H3,(H,18,19,21). The van der Waals surface area contributed by atoms with Crippen molar-refractivity contribution < 1.29 is 9.72 Å². The Morgan fingerprint density at radius 1 is 1.21 bits per heavy atom. The highest BCUT2D eigenvalue weighted by Crippen LogP contribution is 2.27. The number of nitro benzene ring substituents is 1. The summed E-state index contributed by atoms with van der Waals surface area (Å²) in [5, 5.41) is 15.8. The molecule has 3 aromatic rings. The fraction of sp³-hybridized carbons (Fsp3) is 0.0588. The van der Waals surface area contributed by atoms with E-state index in [1.807, 2.05) is 19.1 Å². The molecule has 0 aliphatic carbocycles. The zero-order valence-electron chi connectivity index (χ0n) is 12.7. The van der Waals surface area contributed by atoms with E-state index in [2.05, 4.69) is 10.3 Å². The van der Waals surface area contributed by atoms with Crippen molar-refractivity contribution >= 4 is 28.1 Å². The van der Waals surface area contributed by atoms with Gasteiger partial charge in [0.05, 0.1) is 10.6 Å². The van der Waals surface area contributed by atoms with E-state index in [1.165, 1.54) is 23.5 Å².